The number of hydrogen-bond acceptors (Lipinski definition) is 4. The van der Waals surface area contributed by atoms with Gasteiger partial charge >= 0.3 is 0 Å². The molecule has 3 nitrogen and oxygen atoms in total. The number of hydrogen-bond donors (Lipinski definition) is 2. The van der Waals surface area contributed by atoms with Crippen LogP contribution in [0.4, 0.5) is 0 Å². The summed E-state index contributed by atoms with van der Waals surface area (Å²) in [5.41, 5.74) is 1.38. The molecule has 0 amide bonds. The molecule has 18 heavy (non-hydrogen) atoms. The summed E-state index contributed by atoms with van der Waals surface area (Å²) in [5, 5.41) is 12.7. The Labute approximate surface area is 113 Å². The van der Waals surface area contributed by atoms with Gasteiger partial charge in [-0.3, -0.25) is 0 Å². The normalized spacial score (nSPS) is 20.4. The van der Waals surface area contributed by atoms with Gasteiger partial charge in [0, 0.05) is 30.7 Å². The van der Waals surface area contributed by atoms with Crippen LogP contribution in [0.1, 0.15) is 24.4 Å². The highest BCUT2D eigenvalue weighted by atomic mass is 32.2. The van der Waals surface area contributed by atoms with Crippen molar-refractivity contribution in [3.8, 4) is 0 Å². The van der Waals surface area contributed by atoms with Crippen LogP contribution in [0, 0.1) is 0 Å². The van der Waals surface area contributed by atoms with Gasteiger partial charge < -0.3 is 15.2 Å². The van der Waals surface area contributed by atoms with Gasteiger partial charge in [-0.2, -0.15) is 0 Å². The number of aliphatic hydroxyl groups excluding tert-OH is 1. The fourth-order valence-electron chi connectivity index (χ4n) is 2.37. The minimum atomic E-state index is 0.199. The Hall–Kier alpha value is -0.550. The Balaban J connectivity index is 2.05. The summed E-state index contributed by atoms with van der Waals surface area (Å²) >= 11 is 1.93. The molecule has 2 N–H and O–H groups in total. The molecule has 0 aromatic heterocycles. The van der Waals surface area contributed by atoms with Crippen LogP contribution in [-0.4, -0.2) is 37.2 Å². The van der Waals surface area contributed by atoms with E-state index in [2.05, 4.69) is 29.6 Å². The summed E-state index contributed by atoms with van der Waals surface area (Å²) in [7, 11) is 1.71. The van der Waals surface area contributed by atoms with E-state index >= 15 is 0 Å². The highest BCUT2D eigenvalue weighted by Crippen LogP contribution is 2.36. The first-order valence-electron chi connectivity index (χ1n) is 6.42. The fraction of sp³-hybridized carbons (Fsp3) is 0.571. The molecule has 0 spiro atoms. The highest BCUT2D eigenvalue weighted by molar-refractivity contribution is 7.99. The Morgan fingerprint density at radius 2 is 2.33 bits per heavy atom. The summed E-state index contributed by atoms with van der Waals surface area (Å²) in [6.07, 6.45) is 1.87. The summed E-state index contributed by atoms with van der Waals surface area (Å²) in [6, 6.07) is 9.17. The second kappa shape index (κ2) is 7.14. The standard InChI is InChI=1S/C14H21NO2S/c1-17-10-11(6-8-16)15-13-7-9-18-14-5-3-2-4-12(13)14/h2-5,11,13,15-16H,6-10H2,1H3. The van der Waals surface area contributed by atoms with Gasteiger partial charge in [-0.25, -0.2) is 0 Å². The van der Waals surface area contributed by atoms with Crippen molar-refractivity contribution in [3.05, 3.63) is 29.8 Å². The van der Waals surface area contributed by atoms with E-state index in [4.69, 9.17) is 9.84 Å². The van der Waals surface area contributed by atoms with E-state index in [0.29, 0.717) is 12.6 Å². The van der Waals surface area contributed by atoms with Crippen molar-refractivity contribution in [1.29, 1.82) is 0 Å². The molecule has 1 aromatic carbocycles. The van der Waals surface area contributed by atoms with Crippen LogP contribution in [0.15, 0.2) is 29.2 Å². The number of benzene rings is 1. The maximum absolute atomic E-state index is 9.09. The first-order chi connectivity index (χ1) is 8.85. The lowest BCUT2D eigenvalue weighted by Gasteiger charge is -2.29. The van der Waals surface area contributed by atoms with Gasteiger partial charge in [0.1, 0.15) is 0 Å². The Kier molecular flexibility index (Phi) is 5.50. The van der Waals surface area contributed by atoms with Crippen molar-refractivity contribution in [1.82, 2.24) is 5.32 Å². The summed E-state index contributed by atoms with van der Waals surface area (Å²) in [6.45, 7) is 0.844. The minimum absolute atomic E-state index is 0.199. The zero-order valence-corrected chi connectivity index (χ0v) is 11.6. The fourth-order valence-corrected chi connectivity index (χ4v) is 3.50. The Bertz CT molecular complexity index is 367. The molecule has 2 rings (SSSR count). The molecule has 0 saturated carbocycles. The molecule has 0 bridgehead atoms. The predicted molar refractivity (Wildman–Crippen MR) is 75.0 cm³/mol. The SMILES string of the molecule is COCC(CCO)NC1CCSc2ccccc21. The number of methoxy groups -OCH3 is 1. The van der Waals surface area contributed by atoms with Crippen molar-refractivity contribution >= 4 is 11.8 Å². The molecule has 1 aliphatic rings. The molecular weight excluding hydrogens is 246 g/mol. The van der Waals surface area contributed by atoms with E-state index in [1.807, 2.05) is 11.8 Å². The molecule has 0 fully saturated rings. The number of ether oxygens (including phenoxy) is 1. The number of aliphatic hydroxyl groups is 1. The summed E-state index contributed by atoms with van der Waals surface area (Å²) in [4.78, 5) is 1.38. The van der Waals surface area contributed by atoms with Crippen molar-refractivity contribution in [2.75, 3.05) is 26.1 Å². The van der Waals surface area contributed by atoms with E-state index in [1.165, 1.54) is 10.5 Å². The Morgan fingerprint density at radius 3 is 3.11 bits per heavy atom. The maximum Gasteiger partial charge on any atom is 0.0616 e. The lowest BCUT2D eigenvalue weighted by atomic mass is 10.0. The quantitative estimate of drug-likeness (QED) is 0.829. The van der Waals surface area contributed by atoms with Crippen LogP contribution < -0.4 is 5.32 Å². The van der Waals surface area contributed by atoms with Crippen molar-refractivity contribution in [2.24, 2.45) is 0 Å². The third-order valence-corrected chi connectivity index (χ3v) is 4.36. The zero-order chi connectivity index (χ0) is 12.8. The average Bonchev–Trinajstić information content (AvgIpc) is 2.40. The smallest absolute Gasteiger partial charge is 0.0616 e. The Morgan fingerprint density at radius 1 is 1.50 bits per heavy atom. The van der Waals surface area contributed by atoms with Gasteiger partial charge in [0.2, 0.25) is 0 Å². The van der Waals surface area contributed by atoms with Crippen molar-refractivity contribution in [3.63, 3.8) is 0 Å². The van der Waals surface area contributed by atoms with Crippen LogP contribution in [-0.2, 0) is 4.74 Å². The third kappa shape index (κ3) is 3.48. The molecule has 1 aromatic rings. The maximum atomic E-state index is 9.09. The van der Waals surface area contributed by atoms with Gasteiger partial charge in [0.05, 0.1) is 6.61 Å². The number of thioether (sulfide) groups is 1. The van der Waals surface area contributed by atoms with Gasteiger partial charge in [-0.15, -0.1) is 11.8 Å². The molecule has 2 atom stereocenters. The van der Waals surface area contributed by atoms with Crippen LogP contribution in [0.25, 0.3) is 0 Å². The van der Waals surface area contributed by atoms with Gasteiger partial charge in [-0.05, 0) is 30.2 Å². The summed E-state index contributed by atoms with van der Waals surface area (Å²) < 4.78 is 5.21. The van der Waals surface area contributed by atoms with E-state index in [-0.39, 0.29) is 12.6 Å². The van der Waals surface area contributed by atoms with Crippen molar-refractivity contribution in [2.45, 2.75) is 29.8 Å². The topological polar surface area (TPSA) is 41.5 Å². The van der Waals surface area contributed by atoms with Crippen LogP contribution >= 0.6 is 11.8 Å². The van der Waals surface area contributed by atoms with Gasteiger partial charge in [-0.1, -0.05) is 18.2 Å². The molecule has 0 saturated heterocycles. The molecule has 0 radical (unpaired) electrons. The number of rotatable bonds is 6. The van der Waals surface area contributed by atoms with Crippen LogP contribution in [0.5, 0.6) is 0 Å². The molecule has 2 unspecified atom stereocenters. The molecule has 0 aliphatic carbocycles. The van der Waals surface area contributed by atoms with E-state index in [1.54, 1.807) is 7.11 Å². The third-order valence-electron chi connectivity index (χ3n) is 3.24. The van der Waals surface area contributed by atoms with Crippen LogP contribution in [0.3, 0.4) is 0 Å². The molecule has 1 aliphatic heterocycles. The average molecular weight is 267 g/mol. The molecule has 1 heterocycles. The number of nitrogens with one attached hydrogen (secondary N) is 1. The first-order valence-corrected chi connectivity index (χ1v) is 7.41. The number of fused-ring (bicyclic) bond motifs is 1. The van der Waals surface area contributed by atoms with Crippen LogP contribution in [0.2, 0.25) is 0 Å². The largest absolute Gasteiger partial charge is 0.396 e. The van der Waals surface area contributed by atoms with E-state index in [0.717, 1.165) is 18.6 Å². The van der Waals surface area contributed by atoms with E-state index < -0.39 is 0 Å². The van der Waals surface area contributed by atoms with Gasteiger partial charge in [0.15, 0.2) is 0 Å². The molecular formula is C14H21NO2S. The first kappa shape index (κ1) is 13.9. The lowest BCUT2D eigenvalue weighted by Crippen LogP contribution is -2.38. The lowest BCUT2D eigenvalue weighted by molar-refractivity contribution is 0.141. The highest BCUT2D eigenvalue weighted by Gasteiger charge is 2.22. The predicted octanol–water partition coefficient (Wildman–Crippen LogP) is 2.21. The minimum Gasteiger partial charge on any atom is -0.396 e. The second-order valence-electron chi connectivity index (χ2n) is 4.56. The summed E-state index contributed by atoms with van der Waals surface area (Å²) in [5.74, 6) is 1.15. The molecule has 100 valence electrons. The zero-order valence-electron chi connectivity index (χ0n) is 10.8. The van der Waals surface area contributed by atoms with Crippen molar-refractivity contribution < 1.29 is 9.84 Å². The second-order valence-corrected chi connectivity index (χ2v) is 5.70. The monoisotopic (exact) mass is 267 g/mol. The molecule has 4 heteroatoms. The van der Waals surface area contributed by atoms with Gasteiger partial charge in [0.25, 0.3) is 0 Å². The van der Waals surface area contributed by atoms with E-state index in [9.17, 15) is 0 Å².